The van der Waals surface area contributed by atoms with Crippen LogP contribution in [0, 0.1) is 5.92 Å². The number of piperazine rings is 1. The van der Waals surface area contributed by atoms with E-state index < -0.39 is 6.04 Å². The molecule has 3 rings (SSSR count). The van der Waals surface area contributed by atoms with E-state index >= 15 is 0 Å². The van der Waals surface area contributed by atoms with Gasteiger partial charge < -0.3 is 15.1 Å². The molecule has 144 valence electrons. The van der Waals surface area contributed by atoms with Crippen LogP contribution in [0.15, 0.2) is 36.7 Å². The smallest absolute Gasteiger partial charge is 0.318 e. The molecular weight excluding hydrogens is 346 g/mol. The number of anilines is 2. The van der Waals surface area contributed by atoms with E-state index in [1.54, 1.807) is 4.90 Å². The summed E-state index contributed by atoms with van der Waals surface area (Å²) in [5.41, 5.74) is 1.16. The van der Waals surface area contributed by atoms with Crippen molar-refractivity contribution in [1.82, 2.24) is 25.4 Å². The maximum Gasteiger partial charge on any atom is 0.318 e. The molecule has 0 bridgehead atoms. The van der Waals surface area contributed by atoms with Gasteiger partial charge in [0.05, 0.1) is 0 Å². The van der Waals surface area contributed by atoms with Gasteiger partial charge in [-0.2, -0.15) is 10.1 Å². The second kappa shape index (κ2) is 8.52. The molecule has 1 saturated heterocycles. The lowest BCUT2D eigenvalue weighted by Crippen LogP contribution is -2.56. The van der Waals surface area contributed by atoms with Gasteiger partial charge >= 0.3 is 6.03 Å². The van der Waals surface area contributed by atoms with E-state index in [1.165, 1.54) is 6.33 Å². The van der Waals surface area contributed by atoms with Crippen LogP contribution in [0.5, 0.6) is 0 Å². The van der Waals surface area contributed by atoms with E-state index in [-0.39, 0.29) is 23.8 Å². The number of amides is 3. The highest BCUT2D eigenvalue weighted by molar-refractivity contribution is 5.96. The maximum atomic E-state index is 12.6. The standard InChI is InChI=1S/C18H25N7O2/c1-13(2)15(16(26)22-17-19-12-20-23-17)21-18(27)25-10-8-24(9-11-25)14-6-4-3-5-7-14/h3-7,12-13,15H,8-11H2,1-2H3,(H,21,27)(H2,19,20,22,23,26). The van der Waals surface area contributed by atoms with Crippen molar-refractivity contribution in [2.45, 2.75) is 19.9 Å². The number of hydrogen-bond acceptors (Lipinski definition) is 5. The predicted octanol–water partition coefficient (Wildman–Crippen LogP) is 1.30. The van der Waals surface area contributed by atoms with Crippen molar-refractivity contribution in [2.75, 3.05) is 36.4 Å². The van der Waals surface area contributed by atoms with E-state index in [4.69, 9.17) is 0 Å². The number of nitrogens with one attached hydrogen (secondary N) is 3. The Morgan fingerprint density at radius 1 is 1.11 bits per heavy atom. The van der Waals surface area contributed by atoms with Gasteiger partial charge in [0.1, 0.15) is 12.4 Å². The fraction of sp³-hybridized carbons (Fsp3) is 0.444. The lowest BCUT2D eigenvalue weighted by molar-refractivity contribution is -0.118. The number of benzene rings is 1. The molecule has 3 N–H and O–H groups in total. The van der Waals surface area contributed by atoms with Gasteiger partial charge in [0, 0.05) is 31.9 Å². The molecule has 0 aliphatic carbocycles. The van der Waals surface area contributed by atoms with Crippen LogP contribution in [0.25, 0.3) is 0 Å². The van der Waals surface area contributed by atoms with Gasteiger partial charge in [-0.25, -0.2) is 9.89 Å². The Morgan fingerprint density at radius 2 is 1.81 bits per heavy atom. The summed E-state index contributed by atoms with van der Waals surface area (Å²) in [4.78, 5) is 33.0. The van der Waals surface area contributed by atoms with E-state index in [9.17, 15) is 9.59 Å². The Bertz CT molecular complexity index is 740. The van der Waals surface area contributed by atoms with Gasteiger partial charge in [0.2, 0.25) is 11.9 Å². The molecule has 1 fully saturated rings. The van der Waals surface area contributed by atoms with Crippen molar-refractivity contribution in [3.8, 4) is 0 Å². The molecule has 1 atom stereocenters. The molecule has 2 heterocycles. The van der Waals surface area contributed by atoms with Gasteiger partial charge in [0.15, 0.2) is 0 Å². The number of aromatic nitrogens is 3. The van der Waals surface area contributed by atoms with Crippen molar-refractivity contribution in [3.05, 3.63) is 36.7 Å². The summed E-state index contributed by atoms with van der Waals surface area (Å²) in [6.45, 7) is 6.50. The number of rotatable bonds is 5. The van der Waals surface area contributed by atoms with Crippen LogP contribution < -0.4 is 15.5 Å². The van der Waals surface area contributed by atoms with Crippen molar-refractivity contribution >= 4 is 23.6 Å². The van der Waals surface area contributed by atoms with Crippen LogP contribution in [-0.2, 0) is 4.79 Å². The van der Waals surface area contributed by atoms with Crippen LogP contribution in [0.2, 0.25) is 0 Å². The van der Waals surface area contributed by atoms with E-state index in [2.05, 4.69) is 42.8 Å². The highest BCUT2D eigenvalue weighted by atomic mass is 16.2. The molecular formula is C18H25N7O2. The number of nitrogens with zero attached hydrogens (tertiary/aromatic N) is 4. The average molecular weight is 371 g/mol. The zero-order valence-electron chi connectivity index (χ0n) is 15.6. The summed E-state index contributed by atoms with van der Waals surface area (Å²) in [5, 5.41) is 11.8. The van der Waals surface area contributed by atoms with Gasteiger partial charge in [-0.05, 0) is 18.1 Å². The Balaban J connectivity index is 1.54. The van der Waals surface area contributed by atoms with Crippen molar-refractivity contribution in [1.29, 1.82) is 0 Å². The fourth-order valence-electron chi connectivity index (χ4n) is 3.03. The summed E-state index contributed by atoms with van der Waals surface area (Å²) in [7, 11) is 0. The predicted molar refractivity (Wildman–Crippen MR) is 102 cm³/mol. The van der Waals surface area contributed by atoms with Crippen LogP contribution in [0.4, 0.5) is 16.4 Å². The van der Waals surface area contributed by atoms with Gasteiger partial charge in [-0.3, -0.25) is 10.1 Å². The highest BCUT2D eigenvalue weighted by Crippen LogP contribution is 2.16. The van der Waals surface area contributed by atoms with Crippen LogP contribution >= 0.6 is 0 Å². The Hall–Kier alpha value is -3.10. The third kappa shape index (κ3) is 4.75. The molecule has 0 radical (unpaired) electrons. The summed E-state index contributed by atoms with van der Waals surface area (Å²) < 4.78 is 0. The first-order valence-corrected chi connectivity index (χ1v) is 9.06. The minimum absolute atomic E-state index is 0.0671. The van der Waals surface area contributed by atoms with Crippen molar-refractivity contribution in [2.24, 2.45) is 5.92 Å². The van der Waals surface area contributed by atoms with Crippen LogP contribution in [0.3, 0.4) is 0 Å². The van der Waals surface area contributed by atoms with E-state index in [1.807, 2.05) is 32.0 Å². The minimum atomic E-state index is -0.658. The number of para-hydroxylation sites is 1. The Labute approximate surface area is 158 Å². The molecule has 9 nitrogen and oxygen atoms in total. The molecule has 9 heteroatoms. The topological polar surface area (TPSA) is 106 Å². The molecule has 0 saturated carbocycles. The van der Waals surface area contributed by atoms with Crippen molar-refractivity contribution < 1.29 is 9.59 Å². The normalized spacial score (nSPS) is 15.5. The van der Waals surface area contributed by atoms with Gasteiger partial charge in [-0.1, -0.05) is 32.0 Å². The van der Waals surface area contributed by atoms with E-state index in [0.29, 0.717) is 13.1 Å². The third-order valence-electron chi connectivity index (χ3n) is 4.57. The maximum absolute atomic E-state index is 12.6. The summed E-state index contributed by atoms with van der Waals surface area (Å²) in [5.74, 6) is -0.128. The van der Waals surface area contributed by atoms with Crippen LogP contribution in [0.1, 0.15) is 13.8 Å². The summed E-state index contributed by atoms with van der Waals surface area (Å²) in [6, 6.07) is 9.26. The molecule has 3 amide bonds. The van der Waals surface area contributed by atoms with Gasteiger partial charge in [0.25, 0.3) is 0 Å². The molecule has 27 heavy (non-hydrogen) atoms. The second-order valence-corrected chi connectivity index (χ2v) is 6.80. The first kappa shape index (κ1) is 18.7. The SMILES string of the molecule is CC(C)C(NC(=O)N1CCN(c2ccccc2)CC1)C(=O)Nc1ncn[nH]1. The second-order valence-electron chi connectivity index (χ2n) is 6.80. The van der Waals surface area contributed by atoms with Crippen molar-refractivity contribution in [3.63, 3.8) is 0 Å². The highest BCUT2D eigenvalue weighted by Gasteiger charge is 2.28. The number of hydrogen-bond donors (Lipinski definition) is 3. The fourth-order valence-corrected chi connectivity index (χ4v) is 3.03. The molecule has 1 aliphatic heterocycles. The third-order valence-corrected chi connectivity index (χ3v) is 4.57. The average Bonchev–Trinajstić information content (AvgIpc) is 3.19. The number of carbonyl (C=O) groups excluding carboxylic acids is 2. The summed E-state index contributed by atoms with van der Waals surface area (Å²) >= 11 is 0. The molecule has 1 aromatic carbocycles. The quantitative estimate of drug-likeness (QED) is 0.735. The van der Waals surface area contributed by atoms with Gasteiger partial charge in [-0.15, -0.1) is 0 Å². The molecule has 2 aromatic rings. The monoisotopic (exact) mass is 371 g/mol. The summed E-state index contributed by atoms with van der Waals surface area (Å²) in [6.07, 6.45) is 1.31. The molecule has 1 unspecified atom stereocenters. The van der Waals surface area contributed by atoms with Crippen LogP contribution in [-0.4, -0.2) is 64.2 Å². The first-order chi connectivity index (χ1) is 13.0. The number of urea groups is 1. The Kier molecular flexibility index (Phi) is 5.90. The zero-order chi connectivity index (χ0) is 19.2. The number of H-pyrrole nitrogens is 1. The zero-order valence-corrected chi connectivity index (χ0v) is 15.6. The van der Waals surface area contributed by atoms with E-state index in [0.717, 1.165) is 18.8 Å². The largest absolute Gasteiger partial charge is 0.368 e. The first-order valence-electron chi connectivity index (χ1n) is 9.06. The Morgan fingerprint density at radius 3 is 2.41 bits per heavy atom. The number of aromatic amines is 1. The number of carbonyl (C=O) groups is 2. The molecule has 0 spiro atoms. The molecule has 1 aromatic heterocycles. The minimum Gasteiger partial charge on any atom is -0.368 e. The lowest BCUT2D eigenvalue weighted by atomic mass is 10.0. The molecule has 1 aliphatic rings. The lowest BCUT2D eigenvalue weighted by Gasteiger charge is -2.37.